The van der Waals surface area contributed by atoms with Crippen molar-refractivity contribution in [3.63, 3.8) is 0 Å². The molecule has 6 heteroatoms. The van der Waals surface area contributed by atoms with E-state index in [1.807, 2.05) is 70.4 Å². The van der Waals surface area contributed by atoms with Crippen LogP contribution in [0, 0.1) is 5.92 Å². The minimum absolute atomic E-state index is 0.0195. The van der Waals surface area contributed by atoms with Crippen LogP contribution in [-0.2, 0) is 29.1 Å². The van der Waals surface area contributed by atoms with Gasteiger partial charge in [-0.05, 0) is 35.6 Å². The Morgan fingerprint density at radius 1 is 1.00 bits per heavy atom. The highest BCUT2D eigenvalue weighted by molar-refractivity contribution is 5.82. The van der Waals surface area contributed by atoms with E-state index in [0.29, 0.717) is 26.1 Å². The molecule has 2 amide bonds. The lowest BCUT2D eigenvalue weighted by Gasteiger charge is -2.32. The number of hydrogen-bond acceptors (Lipinski definition) is 3. The SMILES string of the molecule is O=C(NCc1ccccc1Cn1cccn1)[C@H]1CCCN(C(=O)Cc2ccccc2)C1. The summed E-state index contributed by atoms with van der Waals surface area (Å²) >= 11 is 0. The fourth-order valence-electron chi connectivity index (χ4n) is 4.08. The Labute approximate surface area is 182 Å². The van der Waals surface area contributed by atoms with Crippen molar-refractivity contribution in [3.8, 4) is 0 Å². The largest absolute Gasteiger partial charge is 0.352 e. The van der Waals surface area contributed by atoms with Gasteiger partial charge in [0.05, 0.1) is 18.9 Å². The average Bonchev–Trinajstić information content (AvgIpc) is 3.32. The molecule has 3 aromatic rings. The lowest BCUT2D eigenvalue weighted by Crippen LogP contribution is -2.45. The molecule has 0 radical (unpaired) electrons. The summed E-state index contributed by atoms with van der Waals surface area (Å²) in [6, 6.07) is 19.8. The minimum atomic E-state index is -0.160. The van der Waals surface area contributed by atoms with Gasteiger partial charge in [0.1, 0.15) is 0 Å². The standard InChI is InChI=1S/C25H28N4O2/c30-24(16-20-8-2-1-3-9-20)28-14-6-12-23(18-28)25(31)26-17-21-10-4-5-11-22(21)19-29-15-7-13-27-29/h1-5,7-11,13,15,23H,6,12,14,16-19H2,(H,26,31)/t23-/m0/s1. The number of nitrogens with one attached hydrogen (secondary N) is 1. The maximum Gasteiger partial charge on any atom is 0.227 e. The Kier molecular flexibility index (Phi) is 6.77. The first kappa shape index (κ1) is 20.8. The summed E-state index contributed by atoms with van der Waals surface area (Å²) < 4.78 is 1.87. The average molecular weight is 417 g/mol. The first-order valence-corrected chi connectivity index (χ1v) is 10.8. The van der Waals surface area contributed by atoms with Gasteiger partial charge in [0.25, 0.3) is 0 Å². The predicted molar refractivity (Wildman–Crippen MR) is 119 cm³/mol. The number of likely N-dealkylation sites (tertiary alicyclic amines) is 1. The van der Waals surface area contributed by atoms with E-state index in [1.54, 1.807) is 6.20 Å². The van der Waals surface area contributed by atoms with Crippen molar-refractivity contribution in [2.45, 2.75) is 32.4 Å². The van der Waals surface area contributed by atoms with Crippen molar-refractivity contribution < 1.29 is 9.59 Å². The number of carbonyl (C=O) groups excluding carboxylic acids is 2. The van der Waals surface area contributed by atoms with Crippen molar-refractivity contribution >= 4 is 11.8 Å². The van der Waals surface area contributed by atoms with E-state index in [9.17, 15) is 9.59 Å². The number of rotatable bonds is 7. The molecular weight excluding hydrogens is 388 g/mol. The molecule has 2 heterocycles. The summed E-state index contributed by atoms with van der Waals surface area (Å²) in [7, 11) is 0. The van der Waals surface area contributed by atoms with Crippen LogP contribution in [0.3, 0.4) is 0 Å². The van der Waals surface area contributed by atoms with E-state index in [1.165, 1.54) is 0 Å². The number of benzene rings is 2. The Bertz CT molecular complexity index is 1000. The molecule has 1 fully saturated rings. The topological polar surface area (TPSA) is 67.2 Å². The van der Waals surface area contributed by atoms with Crippen LogP contribution in [0.4, 0.5) is 0 Å². The van der Waals surface area contributed by atoms with Gasteiger partial charge in [-0.25, -0.2) is 0 Å². The lowest BCUT2D eigenvalue weighted by molar-refractivity contribution is -0.135. The second-order valence-electron chi connectivity index (χ2n) is 8.03. The maximum absolute atomic E-state index is 12.9. The van der Waals surface area contributed by atoms with Gasteiger partial charge in [0, 0.05) is 32.0 Å². The molecule has 0 spiro atoms. The van der Waals surface area contributed by atoms with Crippen molar-refractivity contribution in [2.24, 2.45) is 5.92 Å². The van der Waals surface area contributed by atoms with Crippen molar-refractivity contribution in [2.75, 3.05) is 13.1 Å². The number of aromatic nitrogens is 2. The van der Waals surface area contributed by atoms with Crippen LogP contribution in [0.15, 0.2) is 73.1 Å². The van der Waals surface area contributed by atoms with Crippen LogP contribution in [0.5, 0.6) is 0 Å². The predicted octanol–water partition coefficient (Wildman–Crippen LogP) is 3.03. The second-order valence-corrected chi connectivity index (χ2v) is 8.03. The van der Waals surface area contributed by atoms with Crippen LogP contribution >= 0.6 is 0 Å². The van der Waals surface area contributed by atoms with Gasteiger partial charge < -0.3 is 10.2 Å². The van der Waals surface area contributed by atoms with Crippen LogP contribution in [0.1, 0.15) is 29.5 Å². The second kappa shape index (κ2) is 10.1. The van der Waals surface area contributed by atoms with E-state index < -0.39 is 0 Å². The zero-order chi connectivity index (χ0) is 21.5. The number of piperidine rings is 1. The van der Waals surface area contributed by atoms with Gasteiger partial charge in [-0.15, -0.1) is 0 Å². The van der Waals surface area contributed by atoms with Crippen LogP contribution in [0.2, 0.25) is 0 Å². The third-order valence-electron chi connectivity index (χ3n) is 5.81. The summed E-state index contributed by atoms with van der Waals surface area (Å²) in [5, 5.41) is 7.36. The lowest BCUT2D eigenvalue weighted by atomic mass is 9.96. The normalized spacial score (nSPS) is 16.1. The minimum Gasteiger partial charge on any atom is -0.352 e. The number of carbonyl (C=O) groups is 2. The third-order valence-corrected chi connectivity index (χ3v) is 5.81. The molecule has 31 heavy (non-hydrogen) atoms. The zero-order valence-corrected chi connectivity index (χ0v) is 17.6. The van der Waals surface area contributed by atoms with E-state index in [4.69, 9.17) is 0 Å². The number of hydrogen-bond donors (Lipinski definition) is 1. The molecule has 1 N–H and O–H groups in total. The molecule has 6 nitrogen and oxygen atoms in total. The quantitative estimate of drug-likeness (QED) is 0.644. The Morgan fingerprint density at radius 3 is 2.55 bits per heavy atom. The van der Waals surface area contributed by atoms with Crippen molar-refractivity contribution in [3.05, 3.63) is 89.7 Å². The first-order chi connectivity index (χ1) is 15.2. The first-order valence-electron chi connectivity index (χ1n) is 10.8. The summed E-state index contributed by atoms with van der Waals surface area (Å²) in [5.41, 5.74) is 3.22. The molecule has 1 aliphatic heterocycles. The summed E-state index contributed by atoms with van der Waals surface area (Å²) in [4.78, 5) is 27.4. The van der Waals surface area contributed by atoms with E-state index in [0.717, 1.165) is 36.1 Å². The Hall–Kier alpha value is -3.41. The molecule has 0 aliphatic carbocycles. The van der Waals surface area contributed by atoms with Gasteiger partial charge in [-0.2, -0.15) is 5.10 Å². The molecule has 1 aromatic heterocycles. The highest BCUT2D eigenvalue weighted by Crippen LogP contribution is 2.18. The fourth-order valence-corrected chi connectivity index (χ4v) is 4.08. The smallest absolute Gasteiger partial charge is 0.227 e. The van der Waals surface area contributed by atoms with Gasteiger partial charge in [-0.3, -0.25) is 14.3 Å². The van der Waals surface area contributed by atoms with Gasteiger partial charge >= 0.3 is 0 Å². The van der Waals surface area contributed by atoms with Crippen LogP contribution in [-0.4, -0.2) is 39.6 Å². The van der Waals surface area contributed by atoms with Crippen LogP contribution < -0.4 is 5.32 Å². The van der Waals surface area contributed by atoms with Gasteiger partial charge in [0.2, 0.25) is 11.8 Å². The Morgan fingerprint density at radius 2 is 1.77 bits per heavy atom. The molecular formula is C25H28N4O2. The molecule has 0 saturated carbocycles. The Balaban J connectivity index is 1.32. The third kappa shape index (κ3) is 5.60. The molecule has 0 unspecified atom stereocenters. The summed E-state index contributed by atoms with van der Waals surface area (Å²) in [6.07, 6.45) is 5.75. The van der Waals surface area contributed by atoms with Crippen LogP contribution in [0.25, 0.3) is 0 Å². The zero-order valence-electron chi connectivity index (χ0n) is 17.6. The van der Waals surface area contributed by atoms with E-state index in [2.05, 4.69) is 16.5 Å². The monoisotopic (exact) mass is 416 g/mol. The van der Waals surface area contributed by atoms with E-state index >= 15 is 0 Å². The van der Waals surface area contributed by atoms with Gasteiger partial charge in [0.15, 0.2) is 0 Å². The summed E-state index contributed by atoms with van der Waals surface area (Å²) in [6.45, 7) is 2.36. The summed E-state index contributed by atoms with van der Waals surface area (Å²) in [5.74, 6) is -0.0499. The molecule has 0 bridgehead atoms. The molecule has 1 aliphatic rings. The molecule has 4 rings (SSSR count). The molecule has 160 valence electrons. The molecule has 1 atom stereocenters. The highest BCUT2D eigenvalue weighted by Gasteiger charge is 2.28. The maximum atomic E-state index is 12.9. The van der Waals surface area contributed by atoms with Gasteiger partial charge in [-0.1, -0.05) is 54.6 Å². The van der Waals surface area contributed by atoms with Crippen molar-refractivity contribution in [1.29, 1.82) is 0 Å². The highest BCUT2D eigenvalue weighted by atomic mass is 16.2. The van der Waals surface area contributed by atoms with Crippen molar-refractivity contribution in [1.82, 2.24) is 20.0 Å². The molecule has 2 aromatic carbocycles. The molecule has 1 saturated heterocycles. The fraction of sp³-hybridized carbons (Fsp3) is 0.320. The number of nitrogens with zero attached hydrogens (tertiary/aromatic N) is 3. The van der Waals surface area contributed by atoms with E-state index in [-0.39, 0.29) is 17.7 Å². The number of amides is 2.